The third-order valence-corrected chi connectivity index (χ3v) is 20.6. The van der Waals surface area contributed by atoms with Crippen LogP contribution in [0.15, 0.2) is 24.3 Å². The molecule has 4 heteroatoms. The summed E-state index contributed by atoms with van der Waals surface area (Å²) in [5, 5.41) is 0. The summed E-state index contributed by atoms with van der Waals surface area (Å²) in [4.78, 5) is 0. The van der Waals surface area contributed by atoms with Gasteiger partial charge in [-0.15, -0.1) is 0 Å². The van der Waals surface area contributed by atoms with Gasteiger partial charge in [-0.05, 0) is 0 Å². The Bertz CT molecular complexity index is 432. The van der Waals surface area contributed by atoms with Gasteiger partial charge in [0.2, 0.25) is 0 Å². The van der Waals surface area contributed by atoms with Crippen LogP contribution in [0.2, 0.25) is 13.3 Å². The summed E-state index contributed by atoms with van der Waals surface area (Å²) in [6.45, 7) is 6.43. The van der Waals surface area contributed by atoms with E-state index in [4.69, 9.17) is 0 Å². The molecule has 0 atom stereocenters. The summed E-state index contributed by atoms with van der Waals surface area (Å²) in [7, 11) is 0. The maximum atomic E-state index is 13.6. The van der Waals surface area contributed by atoms with E-state index >= 15 is 0 Å². The van der Waals surface area contributed by atoms with E-state index in [9.17, 15) is 13.2 Å². The Morgan fingerprint density at radius 3 is 1.61 bits per heavy atom. The Labute approximate surface area is 143 Å². The second kappa shape index (κ2) is 9.95. The summed E-state index contributed by atoms with van der Waals surface area (Å²) < 4.78 is 44.7. The van der Waals surface area contributed by atoms with E-state index in [-0.39, 0.29) is 5.56 Å². The number of hydrogen-bond acceptors (Lipinski definition) is 0. The zero-order valence-electron chi connectivity index (χ0n) is 14.8. The van der Waals surface area contributed by atoms with Crippen LogP contribution in [-0.2, 0) is 6.18 Å². The van der Waals surface area contributed by atoms with Crippen molar-refractivity contribution in [3.8, 4) is 0 Å². The molecule has 0 unspecified atom stereocenters. The average molecular weight is 435 g/mol. The van der Waals surface area contributed by atoms with Gasteiger partial charge in [-0.3, -0.25) is 0 Å². The average Bonchev–Trinajstić information content (AvgIpc) is 2.54. The van der Waals surface area contributed by atoms with Crippen molar-refractivity contribution in [2.45, 2.75) is 78.8 Å². The molecule has 0 saturated heterocycles. The zero-order valence-corrected chi connectivity index (χ0v) is 17.7. The van der Waals surface area contributed by atoms with E-state index in [1.54, 1.807) is 6.07 Å². The molecule has 1 rings (SSSR count). The molecule has 0 nitrogen and oxygen atoms in total. The van der Waals surface area contributed by atoms with Gasteiger partial charge in [-0.2, -0.15) is 0 Å². The molecule has 0 heterocycles. The first-order valence-electron chi connectivity index (χ1n) is 9.08. The van der Waals surface area contributed by atoms with Crippen molar-refractivity contribution >= 4 is 22.0 Å². The Hall–Kier alpha value is -0.191. The first-order valence-corrected chi connectivity index (χ1v) is 16.6. The summed E-state index contributed by atoms with van der Waals surface area (Å²) >= 11 is -3.02. The molecule has 0 fully saturated rings. The van der Waals surface area contributed by atoms with Crippen molar-refractivity contribution in [1.82, 2.24) is 0 Å². The zero-order chi connectivity index (χ0) is 17.3. The third kappa shape index (κ3) is 5.99. The van der Waals surface area contributed by atoms with Crippen molar-refractivity contribution in [2.24, 2.45) is 0 Å². The quantitative estimate of drug-likeness (QED) is 0.356. The molecule has 0 N–H and O–H groups in total. The van der Waals surface area contributed by atoms with Gasteiger partial charge in [-0.1, -0.05) is 0 Å². The van der Waals surface area contributed by atoms with Crippen molar-refractivity contribution in [3.63, 3.8) is 0 Å². The molecule has 1 aromatic carbocycles. The number of unbranched alkanes of at least 4 members (excludes halogenated alkanes) is 3. The third-order valence-electron chi connectivity index (χ3n) is 4.83. The Kier molecular flexibility index (Phi) is 9.02. The number of hydrogen-bond donors (Lipinski definition) is 0. The molecule has 0 amide bonds. The van der Waals surface area contributed by atoms with Gasteiger partial charge in [0, 0.05) is 0 Å². The van der Waals surface area contributed by atoms with Gasteiger partial charge in [-0.25, -0.2) is 0 Å². The van der Waals surface area contributed by atoms with Crippen LogP contribution < -0.4 is 3.58 Å². The van der Waals surface area contributed by atoms with Crippen LogP contribution in [0.1, 0.15) is 64.9 Å². The van der Waals surface area contributed by atoms with E-state index < -0.39 is 24.6 Å². The van der Waals surface area contributed by atoms with Crippen LogP contribution in [0.4, 0.5) is 13.2 Å². The Balaban J connectivity index is 3.35. The standard InChI is InChI=1S/C7H4F3.3C4H9.Sn/c8-7(9,10)6-4-2-1-3-5-6;3*1-3-4-2;/h1-4H;3*1,3-4H2,2H3;. The molecule has 0 aliphatic heterocycles. The van der Waals surface area contributed by atoms with Crippen LogP contribution in [0.3, 0.4) is 0 Å². The molecule has 0 aliphatic carbocycles. The molecule has 0 aromatic heterocycles. The van der Waals surface area contributed by atoms with Crippen molar-refractivity contribution in [1.29, 1.82) is 0 Å². The predicted molar refractivity (Wildman–Crippen MR) is 96.0 cm³/mol. The van der Waals surface area contributed by atoms with Crippen molar-refractivity contribution < 1.29 is 13.2 Å². The van der Waals surface area contributed by atoms with Gasteiger partial charge < -0.3 is 0 Å². The fraction of sp³-hybridized carbons (Fsp3) is 0.684. The van der Waals surface area contributed by atoms with Gasteiger partial charge >= 0.3 is 144 Å². The molecule has 132 valence electrons. The fourth-order valence-electron chi connectivity index (χ4n) is 3.52. The van der Waals surface area contributed by atoms with E-state index in [2.05, 4.69) is 20.8 Å². The minimum absolute atomic E-state index is 0.334. The molecule has 0 aliphatic rings. The first kappa shape index (κ1) is 20.9. The van der Waals surface area contributed by atoms with E-state index in [1.165, 1.54) is 6.07 Å². The van der Waals surface area contributed by atoms with Crippen molar-refractivity contribution in [2.75, 3.05) is 0 Å². The van der Waals surface area contributed by atoms with Crippen LogP contribution in [0.25, 0.3) is 0 Å². The topological polar surface area (TPSA) is 0 Å². The van der Waals surface area contributed by atoms with Crippen LogP contribution in [0.5, 0.6) is 0 Å². The summed E-state index contributed by atoms with van der Waals surface area (Å²) in [5.41, 5.74) is -0.334. The second-order valence-electron chi connectivity index (χ2n) is 6.63. The molecule has 0 radical (unpaired) electrons. The number of halogens is 3. The molecule has 0 saturated carbocycles. The summed E-state index contributed by atoms with van der Waals surface area (Å²) in [6.07, 6.45) is 2.24. The van der Waals surface area contributed by atoms with E-state index in [0.717, 1.165) is 55.4 Å². The first-order chi connectivity index (χ1) is 10.9. The molecular weight excluding hydrogens is 404 g/mol. The number of alkyl halides is 3. The van der Waals surface area contributed by atoms with Crippen LogP contribution >= 0.6 is 0 Å². The molecule has 0 spiro atoms. The SMILES string of the molecule is CCC[CH2][Sn]([CH2]CCC)([CH2]CCC)[c]1ccccc1C(F)(F)F. The number of benzene rings is 1. The van der Waals surface area contributed by atoms with Gasteiger partial charge in [0.1, 0.15) is 0 Å². The minimum atomic E-state index is -4.22. The summed E-state index contributed by atoms with van der Waals surface area (Å²) in [5.74, 6) is 0. The Morgan fingerprint density at radius 1 is 0.783 bits per heavy atom. The van der Waals surface area contributed by atoms with Gasteiger partial charge in [0.05, 0.1) is 0 Å². The number of rotatable bonds is 10. The maximum absolute atomic E-state index is 13.6. The van der Waals surface area contributed by atoms with E-state index in [0.29, 0.717) is 0 Å². The van der Waals surface area contributed by atoms with Gasteiger partial charge in [0.15, 0.2) is 0 Å². The monoisotopic (exact) mass is 436 g/mol. The normalized spacial score (nSPS) is 12.6. The fourth-order valence-corrected chi connectivity index (χ4v) is 20.3. The molecule has 23 heavy (non-hydrogen) atoms. The Morgan fingerprint density at radius 2 is 1.22 bits per heavy atom. The summed E-state index contributed by atoms with van der Waals surface area (Å²) in [6, 6.07) is 6.49. The molecule has 1 aromatic rings. The van der Waals surface area contributed by atoms with Gasteiger partial charge in [0.25, 0.3) is 0 Å². The van der Waals surface area contributed by atoms with E-state index in [1.807, 2.05) is 12.1 Å². The van der Waals surface area contributed by atoms with Crippen molar-refractivity contribution in [3.05, 3.63) is 29.8 Å². The molecular formula is C19H31F3Sn. The predicted octanol–water partition coefficient (Wildman–Crippen LogP) is 6.76. The second-order valence-corrected chi connectivity index (χ2v) is 19.8. The van der Waals surface area contributed by atoms with Crippen LogP contribution in [-0.4, -0.2) is 18.4 Å². The van der Waals surface area contributed by atoms with Crippen LogP contribution in [0, 0.1) is 0 Å². The molecule has 0 bridgehead atoms.